The third-order valence-corrected chi connectivity index (χ3v) is 6.66. The highest BCUT2D eigenvalue weighted by Gasteiger charge is 2.25. The van der Waals surface area contributed by atoms with Gasteiger partial charge in [0, 0.05) is 12.0 Å². The maximum Gasteiger partial charge on any atom is 0.250 e. The molecule has 0 aliphatic heterocycles. The van der Waals surface area contributed by atoms with E-state index in [1.54, 1.807) is 24.3 Å². The first-order chi connectivity index (χ1) is 9.71. The molecule has 0 saturated heterocycles. The lowest BCUT2D eigenvalue weighted by Gasteiger charge is -2.25. The van der Waals surface area contributed by atoms with Crippen LogP contribution in [-0.2, 0) is 15.4 Å². The molecule has 21 heavy (non-hydrogen) atoms. The quantitative estimate of drug-likeness (QED) is 0.839. The fourth-order valence-electron chi connectivity index (χ4n) is 1.79. The Labute approximate surface area is 136 Å². The van der Waals surface area contributed by atoms with Crippen molar-refractivity contribution in [3.05, 3.63) is 51.6 Å². The molecule has 0 fully saturated rings. The largest absolute Gasteiger partial charge is 0.250 e. The van der Waals surface area contributed by atoms with Crippen LogP contribution in [0.25, 0.3) is 0 Å². The number of sulfonamides is 1. The molecule has 0 aliphatic carbocycles. The van der Waals surface area contributed by atoms with Crippen LogP contribution >= 0.6 is 27.3 Å². The lowest BCUT2D eigenvalue weighted by atomic mass is 9.85. The minimum atomic E-state index is -3.52. The standard InChI is InChI=1S/C14H15BrFNO2S2/c1-14(2,10-3-5-11(16)6-4-10)9-17-21(18,19)13-8-7-12(15)20-13/h3-8,17H,9H2,1-2H3. The molecule has 1 N–H and O–H groups in total. The second-order valence-corrected chi connectivity index (χ2v) is 9.73. The number of thiophene rings is 1. The molecule has 114 valence electrons. The van der Waals surface area contributed by atoms with Gasteiger partial charge in [-0.3, -0.25) is 0 Å². The second kappa shape index (κ2) is 6.16. The lowest BCUT2D eigenvalue weighted by Crippen LogP contribution is -2.36. The molecule has 2 aromatic rings. The van der Waals surface area contributed by atoms with Crippen molar-refractivity contribution in [3.8, 4) is 0 Å². The third kappa shape index (κ3) is 4.12. The van der Waals surface area contributed by atoms with Gasteiger partial charge in [0.05, 0.1) is 3.79 Å². The van der Waals surface area contributed by atoms with E-state index in [0.717, 1.165) is 20.7 Å². The molecule has 0 amide bonds. The number of nitrogens with one attached hydrogen (secondary N) is 1. The third-order valence-electron chi connectivity index (χ3n) is 3.14. The Morgan fingerprint density at radius 2 is 1.81 bits per heavy atom. The van der Waals surface area contributed by atoms with Gasteiger partial charge in [-0.15, -0.1) is 11.3 Å². The van der Waals surface area contributed by atoms with Crippen LogP contribution in [0.5, 0.6) is 0 Å². The summed E-state index contributed by atoms with van der Waals surface area (Å²) < 4.78 is 41.0. The highest BCUT2D eigenvalue weighted by Crippen LogP contribution is 2.27. The Hall–Kier alpha value is -0.760. The Bertz CT molecular complexity index is 724. The van der Waals surface area contributed by atoms with Crippen molar-refractivity contribution in [1.29, 1.82) is 0 Å². The molecule has 2 rings (SSSR count). The Balaban J connectivity index is 2.12. The fourth-order valence-corrected chi connectivity index (χ4v) is 5.06. The summed E-state index contributed by atoms with van der Waals surface area (Å²) in [6, 6.07) is 9.35. The van der Waals surface area contributed by atoms with Crippen molar-refractivity contribution in [3.63, 3.8) is 0 Å². The summed E-state index contributed by atoms with van der Waals surface area (Å²) in [5.41, 5.74) is 0.439. The number of hydrogen-bond donors (Lipinski definition) is 1. The summed E-state index contributed by atoms with van der Waals surface area (Å²) in [5.74, 6) is -0.307. The van der Waals surface area contributed by atoms with E-state index in [0.29, 0.717) is 0 Å². The molecular weight excluding hydrogens is 377 g/mol. The summed E-state index contributed by atoms with van der Waals surface area (Å²) in [6.07, 6.45) is 0. The van der Waals surface area contributed by atoms with Gasteiger partial charge in [-0.1, -0.05) is 26.0 Å². The van der Waals surface area contributed by atoms with Crippen molar-refractivity contribution < 1.29 is 12.8 Å². The number of rotatable bonds is 5. The number of benzene rings is 1. The number of hydrogen-bond acceptors (Lipinski definition) is 3. The van der Waals surface area contributed by atoms with Gasteiger partial charge in [0.15, 0.2) is 0 Å². The smallest absolute Gasteiger partial charge is 0.210 e. The average Bonchev–Trinajstić information content (AvgIpc) is 2.85. The zero-order valence-electron chi connectivity index (χ0n) is 11.6. The molecule has 0 spiro atoms. The average molecular weight is 392 g/mol. The van der Waals surface area contributed by atoms with Gasteiger partial charge < -0.3 is 0 Å². The molecule has 0 aliphatic rings. The van der Waals surface area contributed by atoms with Crippen LogP contribution in [0.2, 0.25) is 0 Å². The summed E-state index contributed by atoms with van der Waals surface area (Å²) in [5, 5.41) is 0. The highest BCUT2D eigenvalue weighted by molar-refractivity contribution is 9.11. The van der Waals surface area contributed by atoms with Crippen LogP contribution in [0.15, 0.2) is 44.4 Å². The molecule has 0 saturated carbocycles. The van der Waals surface area contributed by atoms with Gasteiger partial charge in [-0.25, -0.2) is 17.5 Å². The first-order valence-corrected chi connectivity index (χ1v) is 9.31. The van der Waals surface area contributed by atoms with E-state index in [4.69, 9.17) is 0 Å². The molecule has 0 unspecified atom stereocenters. The Morgan fingerprint density at radius 3 is 2.33 bits per heavy atom. The monoisotopic (exact) mass is 391 g/mol. The van der Waals surface area contributed by atoms with Crippen molar-refractivity contribution >= 4 is 37.3 Å². The van der Waals surface area contributed by atoms with E-state index >= 15 is 0 Å². The predicted octanol–water partition coefficient (Wildman–Crippen LogP) is 3.91. The van der Waals surface area contributed by atoms with Gasteiger partial charge in [0.1, 0.15) is 10.0 Å². The van der Waals surface area contributed by atoms with Crippen molar-refractivity contribution in [2.24, 2.45) is 0 Å². The SMILES string of the molecule is CC(C)(CNS(=O)(=O)c1ccc(Br)s1)c1ccc(F)cc1. The molecule has 0 bridgehead atoms. The van der Waals surface area contributed by atoms with Crippen LogP contribution in [0.3, 0.4) is 0 Å². The van der Waals surface area contributed by atoms with E-state index in [1.807, 2.05) is 13.8 Å². The van der Waals surface area contributed by atoms with Gasteiger partial charge in [-0.2, -0.15) is 0 Å². The normalized spacial score (nSPS) is 12.6. The Morgan fingerprint density at radius 1 is 1.19 bits per heavy atom. The van der Waals surface area contributed by atoms with E-state index in [9.17, 15) is 12.8 Å². The van der Waals surface area contributed by atoms with Crippen LogP contribution < -0.4 is 4.72 Å². The predicted molar refractivity (Wildman–Crippen MR) is 86.6 cm³/mol. The number of halogens is 2. The van der Waals surface area contributed by atoms with Gasteiger partial charge in [0.2, 0.25) is 10.0 Å². The van der Waals surface area contributed by atoms with Crippen molar-refractivity contribution in [2.75, 3.05) is 6.54 Å². The van der Waals surface area contributed by atoms with Crippen LogP contribution in [0.1, 0.15) is 19.4 Å². The molecule has 1 aromatic carbocycles. The maximum atomic E-state index is 13.0. The molecular formula is C14H15BrFNO2S2. The molecule has 1 heterocycles. The van der Waals surface area contributed by atoms with Gasteiger partial charge in [-0.05, 0) is 45.8 Å². The zero-order valence-corrected chi connectivity index (χ0v) is 14.8. The first-order valence-electron chi connectivity index (χ1n) is 6.22. The summed E-state index contributed by atoms with van der Waals surface area (Å²) in [4.78, 5) is 0. The Kier molecular flexibility index (Phi) is 4.87. The fraction of sp³-hybridized carbons (Fsp3) is 0.286. The molecule has 0 atom stereocenters. The first kappa shape index (κ1) is 16.6. The molecule has 7 heteroatoms. The van der Waals surface area contributed by atoms with Crippen LogP contribution in [-0.4, -0.2) is 15.0 Å². The minimum Gasteiger partial charge on any atom is -0.210 e. The topological polar surface area (TPSA) is 46.2 Å². The van der Waals surface area contributed by atoms with Crippen molar-refractivity contribution in [2.45, 2.75) is 23.5 Å². The van der Waals surface area contributed by atoms with E-state index in [1.165, 1.54) is 12.1 Å². The molecule has 1 aromatic heterocycles. The molecule has 0 radical (unpaired) electrons. The van der Waals surface area contributed by atoms with Crippen LogP contribution in [0, 0.1) is 5.82 Å². The zero-order chi connectivity index (χ0) is 15.7. The second-order valence-electron chi connectivity index (χ2n) is 5.27. The maximum absolute atomic E-state index is 13.0. The van der Waals surface area contributed by atoms with Crippen molar-refractivity contribution in [1.82, 2.24) is 4.72 Å². The van der Waals surface area contributed by atoms with Gasteiger partial charge in [0.25, 0.3) is 0 Å². The summed E-state index contributed by atoms with van der Waals surface area (Å²) >= 11 is 4.41. The molecule has 3 nitrogen and oxygen atoms in total. The van der Waals surface area contributed by atoms with E-state index < -0.39 is 15.4 Å². The van der Waals surface area contributed by atoms with Gasteiger partial charge >= 0.3 is 0 Å². The summed E-state index contributed by atoms with van der Waals surface area (Å²) in [7, 11) is -3.52. The van der Waals surface area contributed by atoms with E-state index in [2.05, 4.69) is 20.7 Å². The van der Waals surface area contributed by atoms with E-state index in [-0.39, 0.29) is 16.6 Å². The minimum absolute atomic E-state index is 0.233. The lowest BCUT2D eigenvalue weighted by molar-refractivity contribution is 0.501. The van der Waals surface area contributed by atoms with Crippen LogP contribution in [0.4, 0.5) is 4.39 Å². The highest BCUT2D eigenvalue weighted by atomic mass is 79.9. The summed E-state index contributed by atoms with van der Waals surface area (Å²) in [6.45, 7) is 4.05.